The second-order valence-corrected chi connectivity index (χ2v) is 3.48. The van der Waals surface area contributed by atoms with Gasteiger partial charge in [0, 0.05) is 12.4 Å². The number of para-hydroxylation sites is 1. The summed E-state index contributed by atoms with van der Waals surface area (Å²) in [7, 11) is 1.53. The van der Waals surface area contributed by atoms with E-state index in [1.54, 1.807) is 36.8 Å². The minimum absolute atomic E-state index is 0.231. The predicted octanol–water partition coefficient (Wildman–Crippen LogP) is 1.88. The number of ether oxygens (including phenoxy) is 2. The van der Waals surface area contributed by atoms with Gasteiger partial charge in [-0.25, -0.2) is 0 Å². The number of methoxy groups -OCH3 is 1. The quantitative estimate of drug-likeness (QED) is 0.751. The Hall–Kier alpha value is -2.43. The van der Waals surface area contributed by atoms with Crippen LogP contribution in [0.15, 0.2) is 36.8 Å². The van der Waals surface area contributed by atoms with Crippen molar-refractivity contribution in [1.29, 1.82) is 0 Å². The Morgan fingerprint density at radius 2 is 2.22 bits per heavy atom. The SMILES string of the molecule is COc1cccc(C=O)c1OCc1cnccn1. The van der Waals surface area contributed by atoms with Crippen LogP contribution in [-0.2, 0) is 6.61 Å². The van der Waals surface area contributed by atoms with E-state index in [4.69, 9.17) is 9.47 Å². The van der Waals surface area contributed by atoms with Crippen LogP contribution in [0.1, 0.15) is 16.1 Å². The smallest absolute Gasteiger partial charge is 0.172 e. The molecule has 2 rings (SSSR count). The van der Waals surface area contributed by atoms with Gasteiger partial charge in [0.1, 0.15) is 6.61 Å². The van der Waals surface area contributed by atoms with E-state index in [-0.39, 0.29) is 6.61 Å². The highest BCUT2D eigenvalue weighted by Gasteiger charge is 2.10. The van der Waals surface area contributed by atoms with Crippen LogP contribution < -0.4 is 9.47 Å². The van der Waals surface area contributed by atoms with Crippen LogP contribution in [0.2, 0.25) is 0 Å². The fourth-order valence-electron chi connectivity index (χ4n) is 1.49. The standard InChI is InChI=1S/C13H12N2O3/c1-17-12-4-2-3-10(8-16)13(12)18-9-11-7-14-5-6-15-11/h2-8H,9H2,1H3. The van der Waals surface area contributed by atoms with Crippen LogP contribution in [0.4, 0.5) is 0 Å². The number of aromatic nitrogens is 2. The number of carbonyl (C=O) groups excluding carboxylic acids is 1. The van der Waals surface area contributed by atoms with Gasteiger partial charge in [0.05, 0.1) is 24.6 Å². The summed E-state index contributed by atoms with van der Waals surface area (Å²) in [6.45, 7) is 0.231. The molecular formula is C13H12N2O3. The molecular weight excluding hydrogens is 232 g/mol. The number of hydrogen-bond acceptors (Lipinski definition) is 5. The third-order valence-corrected chi connectivity index (χ3v) is 2.34. The lowest BCUT2D eigenvalue weighted by molar-refractivity contribution is 0.111. The van der Waals surface area contributed by atoms with E-state index >= 15 is 0 Å². The molecule has 0 spiro atoms. The molecule has 0 atom stereocenters. The molecule has 0 aliphatic heterocycles. The summed E-state index contributed by atoms with van der Waals surface area (Å²) in [4.78, 5) is 19.0. The van der Waals surface area contributed by atoms with E-state index in [1.165, 1.54) is 7.11 Å². The molecule has 0 aliphatic rings. The largest absolute Gasteiger partial charge is 0.493 e. The second kappa shape index (κ2) is 5.77. The average molecular weight is 244 g/mol. The van der Waals surface area contributed by atoms with Gasteiger partial charge in [-0.1, -0.05) is 6.07 Å². The summed E-state index contributed by atoms with van der Waals surface area (Å²) in [6, 6.07) is 5.14. The van der Waals surface area contributed by atoms with Gasteiger partial charge in [0.25, 0.3) is 0 Å². The minimum atomic E-state index is 0.231. The molecule has 0 saturated carbocycles. The molecule has 1 aromatic carbocycles. The van der Waals surface area contributed by atoms with Gasteiger partial charge >= 0.3 is 0 Å². The zero-order valence-corrected chi connectivity index (χ0v) is 9.87. The maximum Gasteiger partial charge on any atom is 0.172 e. The monoisotopic (exact) mass is 244 g/mol. The maximum absolute atomic E-state index is 10.9. The Morgan fingerprint density at radius 3 is 2.89 bits per heavy atom. The molecule has 0 unspecified atom stereocenters. The number of hydrogen-bond donors (Lipinski definition) is 0. The molecule has 0 bridgehead atoms. The Morgan fingerprint density at radius 1 is 1.33 bits per heavy atom. The first kappa shape index (κ1) is 12.0. The Kier molecular flexibility index (Phi) is 3.86. The molecule has 92 valence electrons. The molecule has 2 aromatic rings. The Balaban J connectivity index is 2.20. The lowest BCUT2D eigenvalue weighted by atomic mass is 10.2. The van der Waals surface area contributed by atoms with Gasteiger partial charge < -0.3 is 9.47 Å². The van der Waals surface area contributed by atoms with Crippen LogP contribution in [-0.4, -0.2) is 23.4 Å². The highest BCUT2D eigenvalue weighted by atomic mass is 16.5. The summed E-state index contributed by atoms with van der Waals surface area (Å²) < 4.78 is 10.7. The maximum atomic E-state index is 10.9. The topological polar surface area (TPSA) is 61.3 Å². The van der Waals surface area contributed by atoms with E-state index in [0.717, 1.165) is 6.29 Å². The number of carbonyl (C=O) groups is 1. The number of benzene rings is 1. The highest BCUT2D eigenvalue weighted by Crippen LogP contribution is 2.30. The van der Waals surface area contributed by atoms with E-state index in [1.807, 2.05) is 0 Å². The normalized spacial score (nSPS) is 9.83. The van der Waals surface area contributed by atoms with Crippen LogP contribution >= 0.6 is 0 Å². The molecule has 0 fully saturated rings. The van der Waals surface area contributed by atoms with Gasteiger partial charge in [-0.3, -0.25) is 14.8 Å². The first-order valence-electron chi connectivity index (χ1n) is 5.35. The molecule has 18 heavy (non-hydrogen) atoms. The van der Waals surface area contributed by atoms with Crippen molar-refractivity contribution in [2.45, 2.75) is 6.61 Å². The van der Waals surface area contributed by atoms with Crippen LogP contribution in [0.3, 0.4) is 0 Å². The number of rotatable bonds is 5. The fraction of sp³-hybridized carbons (Fsp3) is 0.154. The van der Waals surface area contributed by atoms with Crippen LogP contribution in [0.5, 0.6) is 11.5 Å². The lowest BCUT2D eigenvalue weighted by Gasteiger charge is -2.11. The van der Waals surface area contributed by atoms with Gasteiger partial charge in [-0.05, 0) is 12.1 Å². The highest BCUT2D eigenvalue weighted by molar-refractivity contribution is 5.81. The van der Waals surface area contributed by atoms with E-state index < -0.39 is 0 Å². The van der Waals surface area contributed by atoms with Gasteiger partial charge in [0.2, 0.25) is 0 Å². The molecule has 1 aromatic heterocycles. The number of nitrogens with zero attached hydrogens (tertiary/aromatic N) is 2. The molecule has 5 heteroatoms. The van der Waals surface area contributed by atoms with Crippen LogP contribution in [0.25, 0.3) is 0 Å². The van der Waals surface area contributed by atoms with Crippen molar-refractivity contribution in [3.05, 3.63) is 48.0 Å². The molecule has 0 aliphatic carbocycles. The van der Waals surface area contributed by atoms with Gasteiger partial charge in [-0.15, -0.1) is 0 Å². The number of aldehydes is 1. The summed E-state index contributed by atoms with van der Waals surface area (Å²) in [5.74, 6) is 0.934. The zero-order chi connectivity index (χ0) is 12.8. The van der Waals surface area contributed by atoms with Crippen LogP contribution in [0, 0.1) is 0 Å². The van der Waals surface area contributed by atoms with Gasteiger partial charge in [-0.2, -0.15) is 0 Å². The third-order valence-electron chi connectivity index (χ3n) is 2.34. The predicted molar refractivity (Wildman–Crippen MR) is 64.7 cm³/mol. The van der Waals surface area contributed by atoms with E-state index in [9.17, 15) is 4.79 Å². The summed E-state index contributed by atoms with van der Waals surface area (Å²) in [5.41, 5.74) is 1.12. The van der Waals surface area contributed by atoms with Crippen molar-refractivity contribution < 1.29 is 14.3 Å². The van der Waals surface area contributed by atoms with Crippen molar-refractivity contribution in [2.24, 2.45) is 0 Å². The third kappa shape index (κ3) is 2.63. The molecule has 0 amide bonds. The van der Waals surface area contributed by atoms with Gasteiger partial charge in [0.15, 0.2) is 17.8 Å². The average Bonchev–Trinajstić information content (AvgIpc) is 2.45. The molecule has 1 heterocycles. The van der Waals surface area contributed by atoms with Crippen molar-refractivity contribution in [3.63, 3.8) is 0 Å². The molecule has 5 nitrogen and oxygen atoms in total. The summed E-state index contributed by atoms with van der Waals surface area (Å²) in [6.07, 6.45) is 5.51. The first-order valence-corrected chi connectivity index (χ1v) is 5.35. The summed E-state index contributed by atoms with van der Waals surface area (Å²) >= 11 is 0. The molecule has 0 radical (unpaired) electrons. The second-order valence-electron chi connectivity index (χ2n) is 3.48. The van der Waals surface area contributed by atoms with Crippen molar-refractivity contribution >= 4 is 6.29 Å². The lowest BCUT2D eigenvalue weighted by Crippen LogP contribution is -2.02. The first-order chi connectivity index (χ1) is 8.85. The summed E-state index contributed by atoms with van der Waals surface area (Å²) in [5, 5.41) is 0. The Labute approximate surface area is 104 Å². The van der Waals surface area contributed by atoms with E-state index in [0.29, 0.717) is 22.8 Å². The van der Waals surface area contributed by atoms with Crippen molar-refractivity contribution in [1.82, 2.24) is 9.97 Å². The molecule has 0 N–H and O–H groups in total. The zero-order valence-electron chi connectivity index (χ0n) is 9.87. The van der Waals surface area contributed by atoms with Crippen molar-refractivity contribution in [2.75, 3.05) is 7.11 Å². The fourth-order valence-corrected chi connectivity index (χ4v) is 1.49. The van der Waals surface area contributed by atoms with E-state index in [2.05, 4.69) is 9.97 Å². The molecule has 0 saturated heterocycles. The van der Waals surface area contributed by atoms with Crippen molar-refractivity contribution in [3.8, 4) is 11.5 Å². The Bertz CT molecular complexity index is 529. The minimum Gasteiger partial charge on any atom is -0.493 e.